The maximum atomic E-state index is 14.7. The van der Waals surface area contributed by atoms with Crippen molar-refractivity contribution in [3.05, 3.63) is 127 Å². The number of amides is 2. The monoisotopic (exact) mass is 869 g/mol. The number of aryl methyl sites for hydroxylation is 2. The number of hydrogen-bond acceptors (Lipinski definition) is 6. The zero-order valence-electron chi connectivity index (χ0n) is 30.8. The molecule has 1 heterocycles. The number of benzene rings is 4. The molecule has 0 aromatic heterocycles. The number of halogens is 4. The first-order chi connectivity index (χ1) is 26.0. The van der Waals surface area contributed by atoms with Gasteiger partial charge >= 0.3 is 0 Å². The number of likely N-dealkylation sites (tertiary alicyclic amines) is 1. The first kappa shape index (κ1) is 42.4. The molecular weight excluding hydrogens is 824 g/mol. The van der Waals surface area contributed by atoms with Crippen molar-refractivity contribution in [1.29, 1.82) is 0 Å². The van der Waals surface area contributed by atoms with E-state index in [9.17, 15) is 18.4 Å². The highest BCUT2D eigenvalue weighted by Crippen LogP contribution is 2.27. The van der Waals surface area contributed by atoms with Gasteiger partial charge in [-0.1, -0.05) is 44.0 Å². The normalized spacial score (nSPS) is 12.8. The maximum absolute atomic E-state index is 14.7. The maximum Gasteiger partial charge on any atom is 0.258 e. The van der Waals surface area contributed by atoms with Crippen LogP contribution in [0.1, 0.15) is 62.2 Å². The molecule has 0 unspecified atom stereocenters. The van der Waals surface area contributed by atoms with Gasteiger partial charge in [-0.2, -0.15) is 0 Å². The van der Waals surface area contributed by atoms with Gasteiger partial charge in [-0.05, 0) is 136 Å². The molecule has 0 radical (unpaired) electrons. The molecule has 1 saturated heterocycles. The minimum absolute atomic E-state index is 0.226. The van der Waals surface area contributed by atoms with Crippen molar-refractivity contribution in [3.8, 4) is 11.5 Å². The fourth-order valence-electron chi connectivity index (χ4n) is 6.34. The van der Waals surface area contributed by atoms with Crippen LogP contribution >= 0.6 is 31.9 Å². The summed E-state index contributed by atoms with van der Waals surface area (Å²) in [5.41, 5.74) is 8.42. The van der Waals surface area contributed by atoms with Gasteiger partial charge in [0.15, 0.2) is 5.96 Å². The van der Waals surface area contributed by atoms with Crippen molar-refractivity contribution in [2.75, 3.05) is 47.4 Å². The molecule has 2 amide bonds. The van der Waals surface area contributed by atoms with Crippen LogP contribution in [0.3, 0.4) is 0 Å². The second-order valence-corrected chi connectivity index (χ2v) is 14.5. The number of carbonyl (C=O) groups is 2. The molecule has 4 N–H and O–H groups in total. The van der Waals surface area contributed by atoms with Crippen molar-refractivity contribution in [3.63, 3.8) is 0 Å². The number of hydrogen-bond donors (Lipinski definition) is 3. The Balaban J connectivity index is 0.000000266. The van der Waals surface area contributed by atoms with Crippen LogP contribution in [0.25, 0.3) is 0 Å². The minimum atomic E-state index is -0.620. The zero-order valence-corrected chi connectivity index (χ0v) is 34.0. The molecule has 13 heteroatoms. The Morgan fingerprint density at radius 2 is 1.31 bits per heavy atom. The summed E-state index contributed by atoms with van der Waals surface area (Å²) in [4.78, 5) is 31.0. The molecule has 0 spiro atoms. The van der Waals surface area contributed by atoms with Crippen LogP contribution in [-0.4, -0.2) is 70.1 Å². The Morgan fingerprint density at radius 3 is 1.81 bits per heavy atom. The van der Waals surface area contributed by atoms with E-state index in [2.05, 4.69) is 52.4 Å². The average molecular weight is 872 g/mol. The van der Waals surface area contributed by atoms with Gasteiger partial charge in [0.05, 0.1) is 14.2 Å². The van der Waals surface area contributed by atoms with Crippen LogP contribution in [0.4, 0.5) is 8.78 Å². The summed E-state index contributed by atoms with van der Waals surface area (Å²) < 4.78 is 41.2. The lowest BCUT2D eigenvalue weighted by atomic mass is 9.98. The molecule has 1 aliphatic rings. The molecular formula is C41H47Br2F2N5O4. The van der Waals surface area contributed by atoms with Gasteiger partial charge in [0, 0.05) is 44.8 Å². The molecule has 4 aromatic carbocycles. The number of guanidine groups is 1. The number of nitrogens with one attached hydrogen (secondary N) is 2. The number of nitrogens with zero attached hydrogens (tertiary/aromatic N) is 2. The highest BCUT2D eigenvalue weighted by molar-refractivity contribution is 9.10. The van der Waals surface area contributed by atoms with Crippen LogP contribution < -0.4 is 25.8 Å². The second kappa shape index (κ2) is 21.5. The van der Waals surface area contributed by atoms with Gasteiger partial charge in [0.2, 0.25) is 5.91 Å². The SMILES string of the molecule is CN=C(NCCCN1CCCC1)NC(=O)c1cccc(F)c1CCc1cc(Br)ccc1OC.COc1ccc(Br)cc1CCc1c(F)cccc1C(N)=O. The average Bonchev–Trinajstić information content (AvgIpc) is 3.69. The zero-order chi connectivity index (χ0) is 39.0. The fraction of sp³-hybridized carbons (Fsp3) is 0.341. The number of nitrogens with two attached hydrogens (primary N) is 1. The van der Waals surface area contributed by atoms with E-state index in [1.54, 1.807) is 39.5 Å². The topological polar surface area (TPSA) is 118 Å². The van der Waals surface area contributed by atoms with E-state index < -0.39 is 17.5 Å². The summed E-state index contributed by atoms with van der Waals surface area (Å²) in [6.45, 7) is 4.08. The first-order valence-electron chi connectivity index (χ1n) is 17.8. The van der Waals surface area contributed by atoms with Crippen LogP contribution in [0.5, 0.6) is 11.5 Å². The molecule has 0 atom stereocenters. The predicted octanol–water partition coefficient (Wildman–Crippen LogP) is 7.65. The number of methoxy groups -OCH3 is 2. The summed E-state index contributed by atoms with van der Waals surface area (Å²) in [7, 11) is 4.82. The van der Waals surface area contributed by atoms with E-state index in [1.165, 1.54) is 44.1 Å². The molecule has 0 aliphatic carbocycles. The third-order valence-corrected chi connectivity index (χ3v) is 10.1. The molecule has 9 nitrogen and oxygen atoms in total. The molecule has 0 bridgehead atoms. The second-order valence-electron chi connectivity index (χ2n) is 12.7. The Labute approximate surface area is 333 Å². The van der Waals surface area contributed by atoms with Crippen LogP contribution in [-0.2, 0) is 25.7 Å². The summed E-state index contributed by atoms with van der Waals surface area (Å²) >= 11 is 6.87. The van der Waals surface area contributed by atoms with Crippen molar-refractivity contribution >= 4 is 49.6 Å². The van der Waals surface area contributed by atoms with Crippen molar-refractivity contribution in [2.24, 2.45) is 10.7 Å². The number of aliphatic imine (C=N–C) groups is 1. The van der Waals surface area contributed by atoms with E-state index in [4.69, 9.17) is 15.2 Å². The Hall–Kier alpha value is -4.33. The molecule has 1 aliphatic heterocycles. The molecule has 1 fully saturated rings. The third-order valence-electron chi connectivity index (χ3n) is 9.12. The van der Waals surface area contributed by atoms with Gasteiger partial charge in [-0.25, -0.2) is 8.78 Å². The van der Waals surface area contributed by atoms with Crippen molar-refractivity contribution < 1.29 is 27.8 Å². The lowest BCUT2D eigenvalue weighted by molar-refractivity contribution is 0.0971. The van der Waals surface area contributed by atoms with Gasteiger partial charge in [0.25, 0.3) is 5.91 Å². The Kier molecular flexibility index (Phi) is 16.9. The van der Waals surface area contributed by atoms with E-state index >= 15 is 0 Å². The summed E-state index contributed by atoms with van der Waals surface area (Å²) in [5, 5.41) is 5.98. The van der Waals surface area contributed by atoms with E-state index in [0.717, 1.165) is 44.5 Å². The third kappa shape index (κ3) is 12.4. The van der Waals surface area contributed by atoms with Gasteiger partial charge in [-0.3, -0.25) is 19.9 Å². The van der Waals surface area contributed by atoms with E-state index in [1.807, 2.05) is 36.4 Å². The standard InChI is InChI=1S/C25H32BrFN4O2.C16H15BrFNO2/c1-28-25(29-13-6-16-31-14-3-4-15-31)30-24(32)21-7-5-8-22(27)20(21)11-9-18-17-19(26)10-12-23(18)33-2;1-21-15-8-6-11(17)9-10(15)5-7-12-13(16(19)20)3-2-4-14(12)18/h5,7-8,10,12,17H,3-4,6,9,11,13-16H2,1-2H3,(H2,28,29,30,32);2-4,6,8-9H,5,7H2,1H3,(H2,19,20). The molecule has 54 heavy (non-hydrogen) atoms. The number of primary amides is 1. The lowest BCUT2D eigenvalue weighted by Crippen LogP contribution is -2.42. The Bertz CT molecular complexity index is 1920. The minimum Gasteiger partial charge on any atom is -0.496 e. The molecule has 0 saturated carbocycles. The largest absolute Gasteiger partial charge is 0.496 e. The number of rotatable bonds is 14. The van der Waals surface area contributed by atoms with Crippen LogP contribution in [0.15, 0.2) is 86.7 Å². The predicted molar refractivity (Wildman–Crippen MR) is 217 cm³/mol. The van der Waals surface area contributed by atoms with Crippen molar-refractivity contribution in [2.45, 2.75) is 44.9 Å². The van der Waals surface area contributed by atoms with Gasteiger partial charge in [-0.15, -0.1) is 0 Å². The van der Waals surface area contributed by atoms with Crippen LogP contribution in [0, 0.1) is 11.6 Å². The molecule has 4 aromatic rings. The van der Waals surface area contributed by atoms with E-state index in [-0.39, 0.29) is 11.5 Å². The van der Waals surface area contributed by atoms with Gasteiger partial charge in [0.1, 0.15) is 23.1 Å². The van der Waals surface area contributed by atoms with Gasteiger partial charge < -0.3 is 25.4 Å². The lowest BCUT2D eigenvalue weighted by Gasteiger charge is -2.16. The summed E-state index contributed by atoms with van der Waals surface area (Å²) in [6, 6.07) is 20.3. The summed E-state index contributed by atoms with van der Waals surface area (Å²) in [5.74, 6) is 0.0500. The number of ether oxygens (including phenoxy) is 2. The summed E-state index contributed by atoms with van der Waals surface area (Å²) in [6.07, 6.45) is 5.33. The highest BCUT2D eigenvalue weighted by atomic mass is 79.9. The fourth-order valence-corrected chi connectivity index (χ4v) is 7.16. The first-order valence-corrected chi connectivity index (χ1v) is 19.4. The number of carbonyl (C=O) groups excluding carboxylic acids is 2. The molecule has 288 valence electrons. The van der Waals surface area contributed by atoms with Crippen LogP contribution in [0.2, 0.25) is 0 Å². The molecule has 5 rings (SSSR count). The quantitative estimate of drug-likeness (QED) is 0.0681. The van der Waals surface area contributed by atoms with E-state index in [0.29, 0.717) is 54.9 Å². The van der Waals surface area contributed by atoms with Crippen molar-refractivity contribution in [1.82, 2.24) is 15.5 Å². The highest BCUT2D eigenvalue weighted by Gasteiger charge is 2.18. The Morgan fingerprint density at radius 1 is 0.796 bits per heavy atom. The smallest absolute Gasteiger partial charge is 0.258 e.